The van der Waals surface area contributed by atoms with Crippen molar-refractivity contribution in [1.82, 2.24) is 0 Å². The fourth-order valence-electron chi connectivity index (χ4n) is 1.58. The van der Waals surface area contributed by atoms with Crippen LogP contribution in [0.2, 0.25) is 0 Å². The molecule has 1 heterocycles. The first-order valence-corrected chi connectivity index (χ1v) is 5.41. The highest BCUT2D eigenvalue weighted by Gasteiger charge is 2.22. The predicted molar refractivity (Wildman–Crippen MR) is 66.8 cm³/mol. The van der Waals surface area contributed by atoms with Crippen LogP contribution < -0.4 is 10.0 Å². The summed E-state index contributed by atoms with van der Waals surface area (Å²) in [5.74, 6) is -1.88. The molecule has 0 atom stereocenters. The lowest BCUT2D eigenvalue weighted by Gasteiger charge is -2.08. The number of carbonyl (C=O) groups excluding carboxylic acids is 1. The smallest absolute Gasteiger partial charge is 0.404 e. The highest BCUT2D eigenvalue weighted by molar-refractivity contribution is 6.06. The van der Waals surface area contributed by atoms with Gasteiger partial charge in [0.05, 0.1) is 0 Å². The van der Waals surface area contributed by atoms with Gasteiger partial charge in [0, 0.05) is 11.6 Å². The van der Waals surface area contributed by atoms with Gasteiger partial charge in [0.1, 0.15) is 5.69 Å². The molecule has 0 aliphatic carbocycles. The Kier molecular flexibility index (Phi) is 3.42. The number of rotatable bonds is 3. The van der Waals surface area contributed by atoms with Crippen molar-refractivity contribution < 1.29 is 19.4 Å². The molecule has 0 saturated heterocycles. The minimum Gasteiger partial charge on any atom is -0.618 e. The van der Waals surface area contributed by atoms with Crippen LogP contribution in [0.4, 0.5) is 5.69 Å². The number of carboxylic acids is 1. The van der Waals surface area contributed by atoms with Crippen LogP contribution in [-0.4, -0.2) is 17.0 Å². The first-order chi connectivity index (χ1) is 9.09. The highest BCUT2D eigenvalue weighted by Crippen LogP contribution is 2.12. The fraction of sp³-hybridized carbons (Fsp3) is 0. The number of benzene rings is 1. The van der Waals surface area contributed by atoms with E-state index in [1.807, 2.05) is 0 Å². The minimum absolute atomic E-state index is 0.0427. The SMILES string of the molecule is O=C(Nc1ccc[n+]([O-])c1C(=O)O)c1ccccc1. The van der Waals surface area contributed by atoms with Crippen LogP contribution >= 0.6 is 0 Å². The molecule has 0 radical (unpaired) electrons. The van der Waals surface area contributed by atoms with Gasteiger partial charge in [-0.3, -0.25) is 4.79 Å². The van der Waals surface area contributed by atoms with E-state index in [9.17, 15) is 14.8 Å². The van der Waals surface area contributed by atoms with Crippen LogP contribution in [0.3, 0.4) is 0 Å². The fourth-order valence-corrected chi connectivity index (χ4v) is 1.58. The molecule has 0 bridgehead atoms. The van der Waals surface area contributed by atoms with Crippen molar-refractivity contribution >= 4 is 17.6 Å². The summed E-state index contributed by atoms with van der Waals surface area (Å²) in [4.78, 5) is 22.9. The molecular weight excluding hydrogens is 248 g/mol. The monoisotopic (exact) mass is 258 g/mol. The third kappa shape index (κ3) is 2.68. The number of pyridine rings is 1. The molecule has 6 heteroatoms. The summed E-state index contributed by atoms with van der Waals surface area (Å²) >= 11 is 0. The Morgan fingerprint density at radius 3 is 2.42 bits per heavy atom. The van der Waals surface area contributed by atoms with E-state index in [0.29, 0.717) is 5.56 Å². The van der Waals surface area contributed by atoms with Crippen molar-refractivity contribution in [1.29, 1.82) is 0 Å². The summed E-state index contributed by atoms with van der Waals surface area (Å²) in [6.45, 7) is 0. The standard InChI is InChI=1S/C13H10N2O4/c16-12(9-5-2-1-3-6-9)14-10-7-4-8-15(19)11(10)13(17)18/h1-8H,(H,14,16)(H,17,18). The second-order valence-electron chi connectivity index (χ2n) is 3.72. The van der Waals surface area contributed by atoms with Gasteiger partial charge in [0.15, 0.2) is 6.20 Å². The molecule has 6 nitrogen and oxygen atoms in total. The summed E-state index contributed by atoms with van der Waals surface area (Å²) in [6.07, 6.45) is 1.06. The molecule has 0 spiro atoms. The van der Waals surface area contributed by atoms with Gasteiger partial charge in [-0.05, 0) is 18.2 Å². The molecule has 0 aliphatic heterocycles. The second-order valence-corrected chi connectivity index (χ2v) is 3.72. The Labute approximate surface area is 108 Å². The third-order valence-corrected chi connectivity index (χ3v) is 2.45. The van der Waals surface area contributed by atoms with Crippen molar-refractivity contribution in [2.75, 3.05) is 5.32 Å². The lowest BCUT2D eigenvalue weighted by atomic mass is 10.2. The van der Waals surface area contributed by atoms with Gasteiger partial charge in [-0.15, -0.1) is 0 Å². The molecule has 2 aromatic rings. The summed E-state index contributed by atoms with van der Waals surface area (Å²) in [5.41, 5.74) is -0.189. The van der Waals surface area contributed by atoms with Gasteiger partial charge in [-0.1, -0.05) is 18.2 Å². The number of anilines is 1. The molecule has 1 aromatic carbocycles. The summed E-state index contributed by atoms with van der Waals surface area (Å²) in [7, 11) is 0. The van der Waals surface area contributed by atoms with Crippen LogP contribution in [0, 0.1) is 5.21 Å². The van der Waals surface area contributed by atoms with Crippen molar-refractivity contribution in [3.8, 4) is 0 Å². The molecule has 2 N–H and O–H groups in total. The molecule has 2 rings (SSSR count). The summed E-state index contributed by atoms with van der Waals surface area (Å²) in [6, 6.07) is 11.0. The van der Waals surface area contributed by atoms with Crippen LogP contribution in [0.25, 0.3) is 0 Å². The van der Waals surface area contributed by atoms with Gasteiger partial charge in [0.25, 0.3) is 5.91 Å². The number of carboxylic acid groups (broad SMARTS) is 1. The summed E-state index contributed by atoms with van der Waals surface area (Å²) < 4.78 is 0.197. The van der Waals surface area contributed by atoms with Gasteiger partial charge >= 0.3 is 11.7 Å². The van der Waals surface area contributed by atoms with E-state index in [1.54, 1.807) is 30.3 Å². The molecule has 0 fully saturated rings. The third-order valence-electron chi connectivity index (χ3n) is 2.45. The molecule has 0 unspecified atom stereocenters. The number of carbonyl (C=O) groups is 2. The number of aromatic carboxylic acids is 1. The lowest BCUT2D eigenvalue weighted by Crippen LogP contribution is -2.35. The second kappa shape index (κ2) is 5.18. The molecule has 0 saturated carbocycles. The van der Waals surface area contributed by atoms with E-state index in [4.69, 9.17) is 5.11 Å². The van der Waals surface area contributed by atoms with E-state index in [2.05, 4.69) is 5.32 Å². The maximum atomic E-state index is 11.9. The minimum atomic E-state index is -1.40. The average Bonchev–Trinajstić information content (AvgIpc) is 2.39. The maximum absolute atomic E-state index is 11.9. The Hall–Kier alpha value is -2.89. The molecule has 0 aliphatic rings. The molecule has 1 aromatic heterocycles. The van der Waals surface area contributed by atoms with E-state index in [0.717, 1.165) is 6.20 Å². The van der Waals surface area contributed by atoms with Crippen LogP contribution in [-0.2, 0) is 0 Å². The van der Waals surface area contributed by atoms with E-state index < -0.39 is 17.6 Å². The van der Waals surface area contributed by atoms with Crippen molar-refractivity contribution in [2.24, 2.45) is 0 Å². The quantitative estimate of drug-likeness (QED) is 0.640. The normalized spacial score (nSPS) is 9.89. The zero-order chi connectivity index (χ0) is 13.8. The maximum Gasteiger partial charge on any atom is 0.404 e. The van der Waals surface area contributed by atoms with Crippen LogP contribution in [0.5, 0.6) is 0 Å². The molecule has 1 amide bonds. The number of aromatic nitrogens is 1. The number of amides is 1. The van der Waals surface area contributed by atoms with Crippen LogP contribution in [0.1, 0.15) is 20.8 Å². The van der Waals surface area contributed by atoms with Crippen LogP contribution in [0.15, 0.2) is 48.7 Å². The van der Waals surface area contributed by atoms with Gasteiger partial charge in [-0.2, -0.15) is 4.73 Å². The Bertz CT molecular complexity index is 626. The number of hydrogen-bond acceptors (Lipinski definition) is 3. The Balaban J connectivity index is 2.32. The van der Waals surface area contributed by atoms with E-state index >= 15 is 0 Å². The van der Waals surface area contributed by atoms with Gasteiger partial charge in [-0.25, -0.2) is 4.79 Å². The van der Waals surface area contributed by atoms with Crippen molar-refractivity contribution in [2.45, 2.75) is 0 Å². The van der Waals surface area contributed by atoms with Crippen molar-refractivity contribution in [3.05, 3.63) is 65.1 Å². The van der Waals surface area contributed by atoms with E-state index in [1.165, 1.54) is 12.1 Å². The number of nitrogens with one attached hydrogen (secondary N) is 1. The molecular formula is C13H10N2O4. The largest absolute Gasteiger partial charge is 0.618 e. The molecule has 96 valence electrons. The van der Waals surface area contributed by atoms with Gasteiger partial charge < -0.3 is 15.6 Å². The number of nitrogens with zero attached hydrogens (tertiary/aromatic N) is 1. The topological polar surface area (TPSA) is 93.3 Å². The molecule has 19 heavy (non-hydrogen) atoms. The Morgan fingerprint density at radius 1 is 1.11 bits per heavy atom. The zero-order valence-corrected chi connectivity index (χ0v) is 9.74. The van der Waals surface area contributed by atoms with Crippen molar-refractivity contribution in [3.63, 3.8) is 0 Å². The lowest BCUT2D eigenvalue weighted by molar-refractivity contribution is -0.607. The summed E-state index contributed by atoms with van der Waals surface area (Å²) in [5, 5.41) is 22.8. The zero-order valence-electron chi connectivity index (χ0n) is 9.74. The van der Waals surface area contributed by atoms with E-state index in [-0.39, 0.29) is 10.4 Å². The highest BCUT2D eigenvalue weighted by atomic mass is 16.5. The average molecular weight is 258 g/mol. The Morgan fingerprint density at radius 2 is 1.79 bits per heavy atom. The first kappa shape index (κ1) is 12.6. The predicted octanol–water partition coefficient (Wildman–Crippen LogP) is 1.27. The number of hydrogen-bond donors (Lipinski definition) is 2. The van der Waals surface area contributed by atoms with Gasteiger partial charge in [0.2, 0.25) is 0 Å². The first-order valence-electron chi connectivity index (χ1n) is 5.41.